The maximum absolute atomic E-state index is 13.1. The van der Waals surface area contributed by atoms with E-state index in [4.69, 9.17) is 0 Å². The second kappa shape index (κ2) is 7.62. The summed E-state index contributed by atoms with van der Waals surface area (Å²) in [6.07, 6.45) is 2.43. The van der Waals surface area contributed by atoms with E-state index in [9.17, 15) is 18.3 Å². The highest BCUT2D eigenvalue weighted by Crippen LogP contribution is 2.37. The van der Waals surface area contributed by atoms with Crippen molar-refractivity contribution in [2.75, 3.05) is 0 Å². The van der Waals surface area contributed by atoms with Gasteiger partial charge in [-0.2, -0.15) is 0 Å². The molecule has 1 aliphatic carbocycles. The predicted molar refractivity (Wildman–Crippen MR) is 103 cm³/mol. The van der Waals surface area contributed by atoms with Crippen LogP contribution in [0.5, 0.6) is 0 Å². The topological polar surface area (TPSA) is 71.4 Å². The number of hydrogen-bond donors (Lipinski definition) is 1. The van der Waals surface area contributed by atoms with Gasteiger partial charge in [-0.1, -0.05) is 67.4 Å². The van der Waals surface area contributed by atoms with Crippen LogP contribution in [0.25, 0.3) is 11.1 Å². The highest BCUT2D eigenvalue weighted by Gasteiger charge is 2.42. The molecule has 3 unspecified atom stereocenters. The van der Waals surface area contributed by atoms with Gasteiger partial charge in [0.15, 0.2) is 9.84 Å². The van der Waals surface area contributed by atoms with E-state index < -0.39 is 32.2 Å². The molecule has 138 valence electrons. The van der Waals surface area contributed by atoms with Crippen molar-refractivity contribution in [2.45, 2.75) is 43.1 Å². The monoisotopic (exact) mass is 372 g/mol. The lowest BCUT2D eigenvalue weighted by atomic mass is 9.89. The molecule has 4 nitrogen and oxygen atoms in total. The molecule has 1 N–H and O–H groups in total. The van der Waals surface area contributed by atoms with E-state index in [0.29, 0.717) is 18.4 Å². The summed E-state index contributed by atoms with van der Waals surface area (Å²) < 4.78 is 26.2. The predicted octanol–water partition coefficient (Wildman–Crippen LogP) is 4.47. The lowest BCUT2D eigenvalue weighted by molar-refractivity contribution is -0.142. The SMILES string of the molecule is CC(c1ccc(-c2ccccc2)cc1)S(=O)(=O)C1CCCCC1C(=O)O. The Balaban J connectivity index is 1.85. The molecule has 1 fully saturated rings. The molecule has 0 saturated heterocycles. The number of sulfone groups is 1. The number of carboxylic acid groups (broad SMARTS) is 1. The molecule has 3 rings (SSSR count). The molecular formula is C21H24O4S. The molecule has 0 amide bonds. The fourth-order valence-corrected chi connectivity index (χ4v) is 6.07. The Morgan fingerprint density at radius 3 is 2.15 bits per heavy atom. The van der Waals surface area contributed by atoms with Crippen LogP contribution in [0.15, 0.2) is 54.6 Å². The third-order valence-corrected chi connectivity index (χ3v) is 8.09. The van der Waals surface area contributed by atoms with Gasteiger partial charge in [0.25, 0.3) is 0 Å². The van der Waals surface area contributed by atoms with Gasteiger partial charge in [0, 0.05) is 0 Å². The zero-order valence-corrected chi connectivity index (χ0v) is 15.7. The summed E-state index contributed by atoms with van der Waals surface area (Å²) in [4.78, 5) is 11.5. The molecule has 0 radical (unpaired) electrons. The van der Waals surface area contributed by atoms with Gasteiger partial charge < -0.3 is 5.11 Å². The fourth-order valence-electron chi connectivity index (χ4n) is 3.80. The smallest absolute Gasteiger partial charge is 0.307 e. The number of carboxylic acids is 1. The number of carbonyl (C=O) groups is 1. The van der Waals surface area contributed by atoms with E-state index >= 15 is 0 Å². The van der Waals surface area contributed by atoms with Crippen molar-refractivity contribution >= 4 is 15.8 Å². The average Bonchev–Trinajstić information content (AvgIpc) is 2.68. The summed E-state index contributed by atoms with van der Waals surface area (Å²) in [5.41, 5.74) is 2.81. The molecule has 0 spiro atoms. The first-order valence-electron chi connectivity index (χ1n) is 9.02. The Hall–Kier alpha value is -2.14. The summed E-state index contributed by atoms with van der Waals surface area (Å²) in [7, 11) is -3.57. The van der Waals surface area contributed by atoms with Gasteiger partial charge in [-0.25, -0.2) is 8.42 Å². The van der Waals surface area contributed by atoms with Crippen LogP contribution in [0.1, 0.15) is 43.4 Å². The van der Waals surface area contributed by atoms with Gasteiger partial charge in [0.1, 0.15) is 0 Å². The molecule has 1 saturated carbocycles. The van der Waals surface area contributed by atoms with Crippen LogP contribution in [-0.4, -0.2) is 24.7 Å². The fraction of sp³-hybridized carbons (Fsp3) is 0.381. The summed E-state index contributed by atoms with van der Waals surface area (Å²) in [6, 6.07) is 17.4. The molecule has 0 aromatic heterocycles. The van der Waals surface area contributed by atoms with Gasteiger partial charge in [0.05, 0.1) is 16.4 Å². The van der Waals surface area contributed by atoms with Crippen molar-refractivity contribution in [1.82, 2.24) is 0 Å². The maximum atomic E-state index is 13.1. The summed E-state index contributed by atoms with van der Waals surface area (Å²) >= 11 is 0. The van der Waals surface area contributed by atoms with Crippen molar-refractivity contribution in [2.24, 2.45) is 5.92 Å². The van der Waals surface area contributed by atoms with Crippen LogP contribution >= 0.6 is 0 Å². The van der Waals surface area contributed by atoms with Crippen LogP contribution in [0.3, 0.4) is 0 Å². The molecule has 1 aliphatic rings. The number of rotatable bonds is 5. The first kappa shape index (κ1) is 18.6. The van der Waals surface area contributed by atoms with Crippen LogP contribution in [0, 0.1) is 5.92 Å². The maximum Gasteiger partial charge on any atom is 0.307 e. The summed E-state index contributed by atoms with van der Waals surface area (Å²) in [6.45, 7) is 1.67. The van der Waals surface area contributed by atoms with Crippen molar-refractivity contribution in [3.8, 4) is 11.1 Å². The van der Waals surface area contributed by atoms with Gasteiger partial charge in [-0.3, -0.25) is 4.79 Å². The molecule has 3 atom stereocenters. The Labute approximate surface area is 154 Å². The molecule has 2 aromatic rings. The van der Waals surface area contributed by atoms with E-state index in [1.807, 2.05) is 54.6 Å². The second-order valence-corrected chi connectivity index (χ2v) is 9.48. The molecular weight excluding hydrogens is 348 g/mol. The third-order valence-electron chi connectivity index (χ3n) is 5.42. The number of aliphatic carboxylic acids is 1. The normalized spacial score (nSPS) is 21.9. The van der Waals surface area contributed by atoms with Crippen LogP contribution in [0.4, 0.5) is 0 Å². The zero-order valence-electron chi connectivity index (χ0n) is 14.8. The molecule has 2 aromatic carbocycles. The minimum atomic E-state index is -3.57. The standard InChI is InChI=1S/C21H24O4S/c1-15(26(24,25)20-10-6-5-9-19(20)21(22)23)16-11-13-18(14-12-16)17-7-3-2-4-8-17/h2-4,7-8,11-15,19-20H,5-6,9-10H2,1H3,(H,22,23). The van der Waals surface area contributed by atoms with Crippen molar-refractivity contribution in [3.63, 3.8) is 0 Å². The summed E-state index contributed by atoms with van der Waals surface area (Å²) in [5.74, 6) is -1.79. The van der Waals surface area contributed by atoms with Crippen molar-refractivity contribution < 1.29 is 18.3 Å². The molecule has 0 aliphatic heterocycles. The molecule has 0 bridgehead atoms. The largest absolute Gasteiger partial charge is 0.481 e. The van der Waals surface area contributed by atoms with Crippen LogP contribution in [0.2, 0.25) is 0 Å². The first-order chi connectivity index (χ1) is 12.4. The first-order valence-corrected chi connectivity index (χ1v) is 10.6. The van der Waals surface area contributed by atoms with Gasteiger partial charge in [-0.05, 0) is 36.5 Å². The average molecular weight is 372 g/mol. The Kier molecular flexibility index (Phi) is 5.47. The minimum Gasteiger partial charge on any atom is -0.481 e. The van der Waals surface area contributed by atoms with Crippen molar-refractivity contribution in [3.05, 3.63) is 60.2 Å². The van der Waals surface area contributed by atoms with E-state index in [1.54, 1.807) is 6.92 Å². The minimum absolute atomic E-state index is 0.436. The highest BCUT2D eigenvalue weighted by atomic mass is 32.2. The van der Waals surface area contributed by atoms with E-state index in [2.05, 4.69) is 0 Å². The van der Waals surface area contributed by atoms with Gasteiger partial charge in [0.2, 0.25) is 0 Å². The van der Waals surface area contributed by atoms with Crippen LogP contribution in [-0.2, 0) is 14.6 Å². The van der Waals surface area contributed by atoms with E-state index in [0.717, 1.165) is 24.0 Å². The van der Waals surface area contributed by atoms with Gasteiger partial charge in [-0.15, -0.1) is 0 Å². The zero-order chi connectivity index (χ0) is 18.7. The Morgan fingerprint density at radius 2 is 1.54 bits per heavy atom. The third kappa shape index (κ3) is 3.68. The number of hydrogen-bond acceptors (Lipinski definition) is 3. The number of benzene rings is 2. The highest BCUT2D eigenvalue weighted by molar-refractivity contribution is 7.92. The van der Waals surface area contributed by atoms with E-state index in [1.165, 1.54) is 0 Å². The lowest BCUT2D eigenvalue weighted by Gasteiger charge is -2.30. The molecule has 26 heavy (non-hydrogen) atoms. The second-order valence-electron chi connectivity index (χ2n) is 6.99. The summed E-state index contributed by atoms with van der Waals surface area (Å²) in [5, 5.41) is 7.92. The van der Waals surface area contributed by atoms with Crippen LogP contribution < -0.4 is 0 Å². The van der Waals surface area contributed by atoms with E-state index in [-0.39, 0.29) is 0 Å². The van der Waals surface area contributed by atoms with Crippen molar-refractivity contribution in [1.29, 1.82) is 0 Å². The molecule has 0 heterocycles. The van der Waals surface area contributed by atoms with Gasteiger partial charge >= 0.3 is 5.97 Å². The molecule has 5 heteroatoms. The Bertz CT molecular complexity index is 857. The lowest BCUT2D eigenvalue weighted by Crippen LogP contribution is -2.39. The Morgan fingerprint density at radius 1 is 0.962 bits per heavy atom. The quantitative estimate of drug-likeness (QED) is 0.840.